The number of anilines is 1. The number of carbonyl (C=O) groups excluding carboxylic acids is 1. The fraction of sp³-hybridized carbons (Fsp3) is 0.385. The lowest BCUT2D eigenvalue weighted by atomic mass is 10.0. The summed E-state index contributed by atoms with van der Waals surface area (Å²) in [5.74, 6) is 1.22. The van der Waals surface area contributed by atoms with Crippen molar-refractivity contribution in [3.8, 4) is 5.69 Å². The van der Waals surface area contributed by atoms with Crippen molar-refractivity contribution in [3.05, 3.63) is 76.4 Å². The Kier molecular flexibility index (Phi) is 7.62. The van der Waals surface area contributed by atoms with E-state index in [4.69, 9.17) is 16.7 Å². The van der Waals surface area contributed by atoms with Crippen molar-refractivity contribution < 1.29 is 4.79 Å². The molecule has 0 aliphatic rings. The lowest BCUT2D eigenvalue weighted by molar-refractivity contribution is 0.0671. The maximum Gasteiger partial charge on any atom is 0.254 e. The summed E-state index contributed by atoms with van der Waals surface area (Å²) in [6.45, 7) is 8.99. The number of aromatic nitrogens is 2. The lowest BCUT2D eigenvalue weighted by Gasteiger charge is -2.30. The minimum atomic E-state index is 0.00268. The Morgan fingerprint density at radius 3 is 2.19 bits per heavy atom. The Morgan fingerprint density at radius 1 is 1.03 bits per heavy atom. The van der Waals surface area contributed by atoms with E-state index in [0.29, 0.717) is 17.1 Å². The van der Waals surface area contributed by atoms with Crippen LogP contribution in [-0.2, 0) is 6.54 Å². The van der Waals surface area contributed by atoms with Crippen LogP contribution in [0.25, 0.3) is 5.69 Å². The zero-order valence-electron chi connectivity index (χ0n) is 19.8. The molecule has 0 bridgehead atoms. The summed E-state index contributed by atoms with van der Waals surface area (Å²) in [7, 11) is 4.05. The largest absolute Gasteiger partial charge is 0.362 e. The summed E-state index contributed by atoms with van der Waals surface area (Å²) in [5, 5.41) is 5.63. The zero-order chi connectivity index (χ0) is 23.4. The molecule has 0 fully saturated rings. The van der Waals surface area contributed by atoms with Crippen molar-refractivity contribution in [1.29, 1.82) is 0 Å². The molecule has 32 heavy (non-hydrogen) atoms. The van der Waals surface area contributed by atoms with E-state index in [9.17, 15) is 4.79 Å². The van der Waals surface area contributed by atoms with E-state index in [1.807, 2.05) is 41.9 Å². The summed E-state index contributed by atoms with van der Waals surface area (Å²) < 4.78 is 1.99. The van der Waals surface area contributed by atoms with Gasteiger partial charge in [-0.2, -0.15) is 5.10 Å². The van der Waals surface area contributed by atoms with Crippen molar-refractivity contribution in [2.45, 2.75) is 52.6 Å². The van der Waals surface area contributed by atoms with Gasteiger partial charge in [0, 0.05) is 36.3 Å². The highest BCUT2D eigenvalue weighted by molar-refractivity contribution is 6.30. The van der Waals surface area contributed by atoms with Crippen molar-refractivity contribution in [2.24, 2.45) is 0 Å². The van der Waals surface area contributed by atoms with E-state index in [2.05, 4.69) is 44.7 Å². The summed E-state index contributed by atoms with van der Waals surface area (Å²) in [4.78, 5) is 17.6. The molecular weight excluding hydrogens is 420 g/mol. The summed E-state index contributed by atoms with van der Waals surface area (Å²) in [6, 6.07) is 17.3. The van der Waals surface area contributed by atoms with Crippen LogP contribution in [0.5, 0.6) is 0 Å². The van der Waals surface area contributed by atoms with Crippen molar-refractivity contribution >= 4 is 23.3 Å². The molecule has 170 valence electrons. The molecule has 3 aromatic rings. The van der Waals surface area contributed by atoms with E-state index >= 15 is 0 Å². The molecule has 5 nitrogen and oxygen atoms in total. The fourth-order valence-electron chi connectivity index (χ4n) is 3.86. The van der Waals surface area contributed by atoms with Crippen LogP contribution in [0.4, 0.5) is 5.82 Å². The number of benzene rings is 2. The van der Waals surface area contributed by atoms with Gasteiger partial charge < -0.3 is 9.80 Å². The zero-order valence-corrected chi connectivity index (χ0v) is 20.6. The first kappa shape index (κ1) is 23.9. The molecule has 0 spiro atoms. The molecule has 1 amide bonds. The first-order valence-corrected chi connectivity index (χ1v) is 11.5. The first-order valence-electron chi connectivity index (χ1n) is 11.2. The molecule has 0 unspecified atom stereocenters. The Bertz CT molecular complexity index is 1040. The molecule has 1 heterocycles. The van der Waals surface area contributed by atoms with E-state index < -0.39 is 0 Å². The summed E-state index contributed by atoms with van der Waals surface area (Å²) in [5.41, 5.74) is 3.73. The highest BCUT2D eigenvalue weighted by atomic mass is 35.5. The molecule has 1 aromatic heterocycles. The number of amides is 1. The molecule has 6 heteroatoms. The quantitative estimate of drug-likeness (QED) is 0.411. The van der Waals surface area contributed by atoms with Crippen LogP contribution in [-0.4, -0.2) is 40.7 Å². The van der Waals surface area contributed by atoms with Crippen LogP contribution in [0.3, 0.4) is 0 Å². The van der Waals surface area contributed by atoms with Gasteiger partial charge in [0.25, 0.3) is 5.91 Å². The predicted octanol–water partition coefficient (Wildman–Crippen LogP) is 6.16. The monoisotopic (exact) mass is 452 g/mol. The number of hydrogen-bond donors (Lipinski definition) is 0. The fourth-order valence-corrected chi connectivity index (χ4v) is 3.98. The van der Waals surface area contributed by atoms with Crippen LogP contribution in [0.15, 0.2) is 54.6 Å². The molecule has 0 aliphatic carbocycles. The van der Waals surface area contributed by atoms with Gasteiger partial charge in [0.2, 0.25) is 0 Å². The van der Waals surface area contributed by atoms with Gasteiger partial charge in [0.05, 0.1) is 17.9 Å². The second kappa shape index (κ2) is 10.2. The third kappa shape index (κ3) is 4.99. The maximum absolute atomic E-state index is 13.5. The smallest absolute Gasteiger partial charge is 0.254 e. The average Bonchev–Trinajstić information content (AvgIpc) is 3.17. The van der Waals surface area contributed by atoms with Gasteiger partial charge in [-0.1, -0.05) is 50.6 Å². The minimum Gasteiger partial charge on any atom is -0.362 e. The van der Waals surface area contributed by atoms with E-state index in [-0.39, 0.29) is 17.9 Å². The normalized spacial score (nSPS) is 12.1. The molecule has 0 saturated carbocycles. The summed E-state index contributed by atoms with van der Waals surface area (Å²) >= 11 is 6.05. The topological polar surface area (TPSA) is 41.4 Å². The van der Waals surface area contributed by atoms with Crippen molar-refractivity contribution in [1.82, 2.24) is 14.7 Å². The van der Waals surface area contributed by atoms with Gasteiger partial charge in [0.15, 0.2) is 0 Å². The van der Waals surface area contributed by atoms with Crippen molar-refractivity contribution in [2.75, 3.05) is 19.0 Å². The van der Waals surface area contributed by atoms with Crippen LogP contribution in [0.1, 0.15) is 61.6 Å². The van der Waals surface area contributed by atoms with Crippen LogP contribution >= 0.6 is 11.6 Å². The Hall–Kier alpha value is -2.79. The van der Waals surface area contributed by atoms with E-state index in [1.165, 1.54) is 0 Å². The molecule has 0 N–H and O–H groups in total. The minimum absolute atomic E-state index is 0.00268. The predicted molar refractivity (Wildman–Crippen MR) is 133 cm³/mol. The van der Waals surface area contributed by atoms with Crippen LogP contribution < -0.4 is 4.90 Å². The van der Waals surface area contributed by atoms with E-state index in [0.717, 1.165) is 29.2 Å². The van der Waals surface area contributed by atoms with Crippen molar-refractivity contribution in [3.63, 3.8) is 0 Å². The maximum atomic E-state index is 13.5. The Labute approximate surface area is 196 Å². The third-order valence-electron chi connectivity index (χ3n) is 5.76. The number of halogens is 1. The standard InChI is InChI=1S/C26H33ClN4O/c1-7-19(4)30(26(32)20-13-15-21(27)16-14-20)17-23-24(18(2)3)28-31(25(23)29(5)6)22-11-9-8-10-12-22/h8-16,18-19H,7,17H2,1-6H3/t19-/m1/s1. The number of carbonyl (C=O) groups is 1. The van der Waals surface area contributed by atoms with Crippen LogP contribution in [0.2, 0.25) is 5.02 Å². The van der Waals surface area contributed by atoms with Gasteiger partial charge in [-0.3, -0.25) is 4.79 Å². The third-order valence-corrected chi connectivity index (χ3v) is 6.01. The molecule has 0 aliphatic heterocycles. The Balaban J connectivity index is 2.12. The second-order valence-electron chi connectivity index (χ2n) is 8.68. The van der Waals surface area contributed by atoms with Gasteiger partial charge in [-0.05, 0) is 55.7 Å². The van der Waals surface area contributed by atoms with Gasteiger partial charge >= 0.3 is 0 Å². The molecular formula is C26H33ClN4O. The number of para-hydroxylation sites is 1. The first-order chi connectivity index (χ1) is 15.2. The molecule has 0 radical (unpaired) electrons. The molecule has 2 aromatic carbocycles. The SMILES string of the molecule is CC[C@@H](C)N(Cc1c(C(C)C)nn(-c2ccccc2)c1N(C)C)C(=O)c1ccc(Cl)cc1. The van der Waals surface area contributed by atoms with Gasteiger partial charge in [0.1, 0.15) is 5.82 Å². The second-order valence-corrected chi connectivity index (χ2v) is 9.12. The van der Waals surface area contributed by atoms with Crippen LogP contribution in [0, 0.1) is 0 Å². The molecule has 3 rings (SSSR count). The number of rotatable bonds is 8. The highest BCUT2D eigenvalue weighted by Crippen LogP contribution is 2.32. The van der Waals surface area contributed by atoms with Gasteiger partial charge in [-0.15, -0.1) is 0 Å². The molecule has 1 atom stereocenters. The average molecular weight is 453 g/mol. The van der Waals surface area contributed by atoms with E-state index in [1.54, 1.807) is 24.3 Å². The summed E-state index contributed by atoms with van der Waals surface area (Å²) in [6.07, 6.45) is 0.862. The lowest BCUT2D eigenvalue weighted by Crippen LogP contribution is -2.38. The highest BCUT2D eigenvalue weighted by Gasteiger charge is 2.28. The van der Waals surface area contributed by atoms with Gasteiger partial charge in [-0.25, -0.2) is 4.68 Å². The number of nitrogens with zero attached hydrogens (tertiary/aromatic N) is 4. The molecule has 0 saturated heterocycles. The number of hydrogen-bond acceptors (Lipinski definition) is 3. The Morgan fingerprint density at radius 2 is 1.66 bits per heavy atom.